The Balaban J connectivity index is 2.19. The van der Waals surface area contributed by atoms with E-state index in [9.17, 15) is 4.39 Å². The molecule has 2 aromatic carbocycles. The number of nitrogens with zero attached hydrogens (tertiary/aromatic N) is 1. The fraction of sp³-hybridized carbons (Fsp3) is 0. The van der Waals surface area contributed by atoms with E-state index >= 15 is 0 Å². The Morgan fingerprint density at radius 3 is 2.50 bits per heavy atom. The lowest BCUT2D eigenvalue weighted by atomic mass is 10.2. The summed E-state index contributed by atoms with van der Waals surface area (Å²) >= 11 is 11.9. The second kappa shape index (κ2) is 4.26. The molecule has 18 heavy (non-hydrogen) atoms. The molecule has 0 N–H and O–H groups in total. The Hall–Kier alpha value is -1.58. The predicted molar refractivity (Wildman–Crippen MR) is 69.4 cm³/mol. The third kappa shape index (κ3) is 1.96. The molecule has 90 valence electrons. The zero-order valence-corrected chi connectivity index (χ0v) is 10.5. The number of fused-ring (bicyclic) bond motifs is 1. The highest BCUT2D eigenvalue weighted by molar-refractivity contribution is 6.38. The molecule has 0 spiro atoms. The van der Waals surface area contributed by atoms with E-state index in [1.807, 2.05) is 0 Å². The number of hydrogen-bond donors (Lipinski definition) is 0. The number of aromatic nitrogens is 1. The number of oxazole rings is 1. The molecule has 0 radical (unpaired) electrons. The van der Waals surface area contributed by atoms with Crippen LogP contribution in [-0.4, -0.2) is 4.98 Å². The lowest BCUT2D eigenvalue weighted by molar-refractivity contribution is 0.616. The van der Waals surface area contributed by atoms with Crippen LogP contribution in [0.4, 0.5) is 4.39 Å². The van der Waals surface area contributed by atoms with Gasteiger partial charge in [0.05, 0.1) is 5.02 Å². The first-order chi connectivity index (χ1) is 8.63. The molecule has 0 aliphatic carbocycles. The highest BCUT2D eigenvalue weighted by Gasteiger charge is 2.12. The van der Waals surface area contributed by atoms with Crippen molar-refractivity contribution in [3.8, 4) is 11.5 Å². The first-order valence-electron chi connectivity index (χ1n) is 5.15. The molecule has 0 bridgehead atoms. The third-order valence-electron chi connectivity index (χ3n) is 2.50. The van der Waals surface area contributed by atoms with Gasteiger partial charge in [0.2, 0.25) is 5.89 Å². The average Bonchev–Trinajstić information content (AvgIpc) is 2.74. The second-order valence-electron chi connectivity index (χ2n) is 3.76. The van der Waals surface area contributed by atoms with E-state index in [0.717, 1.165) is 0 Å². The molecule has 0 amide bonds. The van der Waals surface area contributed by atoms with Gasteiger partial charge >= 0.3 is 0 Å². The van der Waals surface area contributed by atoms with E-state index in [0.29, 0.717) is 32.6 Å². The topological polar surface area (TPSA) is 26.0 Å². The predicted octanol–water partition coefficient (Wildman–Crippen LogP) is 4.94. The summed E-state index contributed by atoms with van der Waals surface area (Å²) in [4.78, 5) is 4.28. The highest BCUT2D eigenvalue weighted by atomic mass is 35.5. The smallest absolute Gasteiger partial charge is 0.227 e. The third-order valence-corrected chi connectivity index (χ3v) is 3.00. The van der Waals surface area contributed by atoms with Gasteiger partial charge in [-0.05, 0) is 36.4 Å². The first-order valence-corrected chi connectivity index (χ1v) is 5.90. The Kier molecular flexibility index (Phi) is 2.73. The van der Waals surface area contributed by atoms with Gasteiger partial charge in [0.15, 0.2) is 5.58 Å². The summed E-state index contributed by atoms with van der Waals surface area (Å²) in [6, 6.07) is 9.13. The Morgan fingerprint density at radius 2 is 1.78 bits per heavy atom. The van der Waals surface area contributed by atoms with Gasteiger partial charge in [-0.3, -0.25) is 0 Å². The van der Waals surface area contributed by atoms with Crippen molar-refractivity contribution in [1.29, 1.82) is 0 Å². The van der Waals surface area contributed by atoms with Crippen molar-refractivity contribution < 1.29 is 8.81 Å². The summed E-state index contributed by atoms with van der Waals surface area (Å²) in [5.74, 6) is 0.0742. The van der Waals surface area contributed by atoms with Crippen molar-refractivity contribution in [2.75, 3.05) is 0 Å². The minimum Gasteiger partial charge on any atom is -0.435 e. The van der Waals surface area contributed by atoms with Crippen molar-refractivity contribution in [1.82, 2.24) is 4.98 Å². The summed E-state index contributed by atoms with van der Waals surface area (Å²) in [6.45, 7) is 0. The number of hydrogen-bond acceptors (Lipinski definition) is 2. The zero-order chi connectivity index (χ0) is 12.7. The normalized spacial score (nSPS) is 11.1. The average molecular weight is 282 g/mol. The van der Waals surface area contributed by atoms with Crippen molar-refractivity contribution in [2.24, 2.45) is 0 Å². The van der Waals surface area contributed by atoms with Crippen LogP contribution in [0.15, 0.2) is 40.8 Å². The second-order valence-corrected chi connectivity index (χ2v) is 4.61. The zero-order valence-electron chi connectivity index (χ0n) is 8.95. The molecule has 1 aromatic heterocycles. The van der Waals surface area contributed by atoms with E-state index in [-0.39, 0.29) is 5.82 Å². The molecule has 3 aromatic rings. The summed E-state index contributed by atoms with van der Waals surface area (Å²) < 4.78 is 18.4. The van der Waals surface area contributed by atoms with Crippen LogP contribution >= 0.6 is 23.2 Å². The highest BCUT2D eigenvalue weighted by Crippen LogP contribution is 2.31. The van der Waals surface area contributed by atoms with Crippen molar-refractivity contribution in [2.45, 2.75) is 0 Å². The summed E-state index contributed by atoms with van der Waals surface area (Å²) in [5.41, 5.74) is 1.73. The molecule has 3 rings (SSSR count). The van der Waals surface area contributed by atoms with Gasteiger partial charge in [-0.15, -0.1) is 0 Å². The monoisotopic (exact) mass is 281 g/mol. The quantitative estimate of drug-likeness (QED) is 0.631. The lowest BCUT2D eigenvalue weighted by Crippen LogP contribution is -1.77. The molecular weight excluding hydrogens is 276 g/mol. The van der Waals surface area contributed by atoms with Gasteiger partial charge in [0.25, 0.3) is 0 Å². The Labute approximate surface area is 112 Å². The maximum Gasteiger partial charge on any atom is 0.227 e. The van der Waals surface area contributed by atoms with Gasteiger partial charge in [-0.25, -0.2) is 9.37 Å². The van der Waals surface area contributed by atoms with Gasteiger partial charge in [-0.1, -0.05) is 23.2 Å². The molecule has 0 saturated carbocycles. The maximum atomic E-state index is 12.8. The lowest BCUT2D eigenvalue weighted by Gasteiger charge is -1.94. The molecule has 5 heteroatoms. The standard InChI is InChI=1S/C13H6Cl2FNO/c14-8-5-10(15)12-11(6-8)17-13(18-12)7-1-3-9(16)4-2-7/h1-6H. The van der Waals surface area contributed by atoms with Crippen molar-refractivity contribution in [3.05, 3.63) is 52.3 Å². The molecule has 0 fully saturated rings. The SMILES string of the molecule is Fc1ccc(-c2nc3cc(Cl)cc(Cl)c3o2)cc1. The Bertz CT molecular complexity index is 722. The van der Waals surface area contributed by atoms with Gasteiger partial charge in [0.1, 0.15) is 11.3 Å². The van der Waals surface area contributed by atoms with Crippen molar-refractivity contribution >= 4 is 34.3 Å². The van der Waals surface area contributed by atoms with Crippen LogP contribution in [0.1, 0.15) is 0 Å². The fourth-order valence-corrected chi connectivity index (χ4v) is 2.20. The maximum absolute atomic E-state index is 12.8. The van der Waals surface area contributed by atoms with Crippen LogP contribution in [0.25, 0.3) is 22.6 Å². The number of rotatable bonds is 1. The van der Waals surface area contributed by atoms with Crippen molar-refractivity contribution in [3.63, 3.8) is 0 Å². The molecule has 0 unspecified atom stereocenters. The van der Waals surface area contributed by atoms with Crippen LogP contribution in [0.5, 0.6) is 0 Å². The van der Waals surface area contributed by atoms with Crippen LogP contribution in [0.3, 0.4) is 0 Å². The van der Waals surface area contributed by atoms with Crippen LogP contribution in [-0.2, 0) is 0 Å². The van der Waals surface area contributed by atoms with Gasteiger partial charge < -0.3 is 4.42 Å². The molecular formula is C13H6Cl2FNO. The molecule has 1 heterocycles. The van der Waals surface area contributed by atoms with Crippen LogP contribution in [0.2, 0.25) is 10.0 Å². The van der Waals surface area contributed by atoms with Gasteiger partial charge in [-0.2, -0.15) is 0 Å². The molecule has 0 atom stereocenters. The summed E-state index contributed by atoms with van der Waals surface area (Å²) in [5, 5.41) is 0.893. The fourth-order valence-electron chi connectivity index (χ4n) is 1.68. The summed E-state index contributed by atoms with van der Waals surface area (Å²) in [7, 11) is 0. The molecule has 0 aliphatic heterocycles. The van der Waals surface area contributed by atoms with Crippen LogP contribution < -0.4 is 0 Å². The molecule has 0 saturated heterocycles. The molecule has 0 aliphatic rings. The van der Waals surface area contributed by atoms with E-state index in [1.165, 1.54) is 12.1 Å². The van der Waals surface area contributed by atoms with E-state index in [2.05, 4.69) is 4.98 Å². The van der Waals surface area contributed by atoms with E-state index < -0.39 is 0 Å². The largest absolute Gasteiger partial charge is 0.435 e. The van der Waals surface area contributed by atoms with Gasteiger partial charge in [0, 0.05) is 10.6 Å². The number of halogens is 3. The minimum absolute atomic E-state index is 0.309. The summed E-state index contributed by atoms with van der Waals surface area (Å²) in [6.07, 6.45) is 0. The number of benzene rings is 2. The first kappa shape index (κ1) is 11.5. The van der Waals surface area contributed by atoms with E-state index in [1.54, 1.807) is 24.3 Å². The van der Waals surface area contributed by atoms with E-state index in [4.69, 9.17) is 27.6 Å². The minimum atomic E-state index is -0.309. The van der Waals surface area contributed by atoms with Crippen LogP contribution in [0, 0.1) is 5.82 Å². The Morgan fingerprint density at radius 1 is 1.06 bits per heavy atom. The molecule has 2 nitrogen and oxygen atoms in total.